The maximum atomic E-state index is 14.0. The number of anilines is 1. The molecule has 0 amide bonds. The second kappa shape index (κ2) is 10.2. The number of rotatable bonds is 8. The van der Waals surface area contributed by atoms with Gasteiger partial charge in [0.25, 0.3) is 0 Å². The van der Waals surface area contributed by atoms with Crippen molar-refractivity contribution in [1.82, 2.24) is 20.2 Å². The lowest BCUT2D eigenvalue weighted by atomic mass is 10.2. The molecule has 0 aliphatic carbocycles. The third-order valence-electron chi connectivity index (χ3n) is 5.13. The Morgan fingerprint density at radius 1 is 1.28 bits per heavy atom. The highest BCUT2D eigenvalue weighted by Gasteiger charge is 2.27. The predicted molar refractivity (Wildman–Crippen MR) is 112 cm³/mol. The molecule has 1 atom stereocenters. The monoisotopic (exact) mass is 404 g/mol. The minimum Gasteiger partial charge on any atom is -0.365 e. The molecule has 1 saturated heterocycles. The summed E-state index contributed by atoms with van der Waals surface area (Å²) in [4.78, 5) is 10.6. The summed E-state index contributed by atoms with van der Waals surface area (Å²) in [7, 11) is 0. The number of hydrogen-bond acceptors (Lipinski definition) is 3. The molecule has 0 saturated carbocycles. The Balaban J connectivity index is 1.48. The van der Waals surface area contributed by atoms with Gasteiger partial charge in [-0.2, -0.15) is 0 Å². The van der Waals surface area contributed by atoms with Crippen molar-refractivity contribution in [2.75, 3.05) is 31.1 Å². The van der Waals surface area contributed by atoms with Crippen molar-refractivity contribution in [3.63, 3.8) is 0 Å². The molecule has 1 fully saturated rings. The summed E-state index contributed by atoms with van der Waals surface area (Å²) >= 11 is 0. The van der Waals surface area contributed by atoms with Gasteiger partial charge in [-0.3, -0.25) is 4.99 Å². The molecule has 0 radical (unpaired) electrons. The van der Waals surface area contributed by atoms with Crippen LogP contribution in [0.15, 0.2) is 35.6 Å². The lowest BCUT2D eigenvalue weighted by Gasteiger charge is -2.21. The first-order valence-corrected chi connectivity index (χ1v) is 10.3. The second-order valence-corrected chi connectivity index (χ2v) is 7.28. The van der Waals surface area contributed by atoms with Crippen LogP contribution in [0.5, 0.6) is 0 Å². The summed E-state index contributed by atoms with van der Waals surface area (Å²) < 4.78 is 30.2. The molecule has 2 aromatic rings. The van der Waals surface area contributed by atoms with Gasteiger partial charge in [0.2, 0.25) is 0 Å². The van der Waals surface area contributed by atoms with E-state index in [0.29, 0.717) is 13.1 Å². The summed E-state index contributed by atoms with van der Waals surface area (Å²) in [5, 5.41) is 6.66. The lowest BCUT2D eigenvalue weighted by molar-refractivity contribution is 0.575. The Kier molecular flexibility index (Phi) is 7.43. The van der Waals surface area contributed by atoms with Crippen molar-refractivity contribution in [2.45, 2.75) is 45.7 Å². The molecule has 2 N–H and O–H groups in total. The van der Waals surface area contributed by atoms with E-state index in [1.165, 1.54) is 18.2 Å². The molecule has 8 heteroatoms. The van der Waals surface area contributed by atoms with E-state index in [2.05, 4.69) is 25.2 Å². The fourth-order valence-electron chi connectivity index (χ4n) is 3.61. The number of hydrogen-bond donors (Lipinski definition) is 2. The van der Waals surface area contributed by atoms with E-state index < -0.39 is 11.6 Å². The van der Waals surface area contributed by atoms with Gasteiger partial charge >= 0.3 is 0 Å². The van der Waals surface area contributed by atoms with Crippen LogP contribution in [-0.2, 0) is 6.54 Å². The highest BCUT2D eigenvalue weighted by Crippen LogP contribution is 2.26. The molecule has 3 rings (SSSR count). The van der Waals surface area contributed by atoms with Gasteiger partial charge in [0.1, 0.15) is 23.1 Å². The van der Waals surface area contributed by atoms with Gasteiger partial charge in [-0.15, -0.1) is 0 Å². The zero-order valence-electron chi connectivity index (χ0n) is 17.2. The Labute approximate surface area is 171 Å². The van der Waals surface area contributed by atoms with Crippen LogP contribution < -0.4 is 15.5 Å². The van der Waals surface area contributed by atoms with Crippen LogP contribution in [0.4, 0.5) is 14.5 Å². The quantitative estimate of drug-likeness (QED) is 0.403. The normalized spacial score (nSPS) is 17.0. The Morgan fingerprint density at radius 3 is 2.76 bits per heavy atom. The number of aryl methyl sites for hydroxylation is 2. The fraction of sp³-hybridized carbons (Fsp3) is 0.524. The topological polar surface area (TPSA) is 57.5 Å². The number of unbranched alkanes of at least 4 members (excludes halogenated alkanes) is 1. The third-order valence-corrected chi connectivity index (χ3v) is 5.13. The largest absolute Gasteiger partial charge is 0.365 e. The first kappa shape index (κ1) is 21.1. The highest BCUT2D eigenvalue weighted by atomic mass is 19.1. The lowest BCUT2D eigenvalue weighted by Crippen LogP contribution is -2.44. The van der Waals surface area contributed by atoms with E-state index in [4.69, 9.17) is 0 Å². The molecule has 1 aromatic heterocycles. The zero-order valence-corrected chi connectivity index (χ0v) is 17.2. The summed E-state index contributed by atoms with van der Waals surface area (Å²) in [6, 6.07) is 4.09. The average molecular weight is 405 g/mol. The van der Waals surface area contributed by atoms with E-state index in [-0.39, 0.29) is 11.7 Å². The standard InChI is InChI=1S/C21H30F2N6/c1-3-24-21(26-10-4-5-12-28-14-11-25-16(28)2)27-17-9-13-29(15-17)20-18(22)7-6-8-19(20)23/h6-8,11,14,17H,3-5,9-10,12-13,15H2,1-2H3,(H2,24,26,27). The van der Waals surface area contributed by atoms with Crippen LogP contribution in [0.3, 0.4) is 0 Å². The van der Waals surface area contributed by atoms with E-state index in [0.717, 1.165) is 50.7 Å². The first-order chi connectivity index (χ1) is 14.1. The number of guanidine groups is 1. The Bertz CT molecular complexity index is 799. The molecule has 2 heterocycles. The summed E-state index contributed by atoms with van der Waals surface area (Å²) in [6.07, 6.45) is 6.63. The smallest absolute Gasteiger partial charge is 0.191 e. The van der Waals surface area contributed by atoms with E-state index >= 15 is 0 Å². The molecule has 158 valence electrons. The number of benzene rings is 1. The van der Waals surface area contributed by atoms with Gasteiger partial charge in [-0.05, 0) is 45.2 Å². The van der Waals surface area contributed by atoms with Crippen molar-refractivity contribution in [3.8, 4) is 0 Å². The average Bonchev–Trinajstić information content (AvgIpc) is 3.31. The van der Waals surface area contributed by atoms with E-state index in [1.807, 2.05) is 26.2 Å². The highest BCUT2D eigenvalue weighted by molar-refractivity contribution is 5.80. The summed E-state index contributed by atoms with van der Waals surface area (Å²) in [5.41, 5.74) is 0.0635. The number of nitrogens with zero attached hydrogens (tertiary/aromatic N) is 4. The van der Waals surface area contributed by atoms with Crippen LogP contribution >= 0.6 is 0 Å². The van der Waals surface area contributed by atoms with E-state index in [1.54, 1.807) is 4.90 Å². The molecule has 6 nitrogen and oxygen atoms in total. The van der Waals surface area contributed by atoms with Crippen molar-refractivity contribution >= 4 is 11.6 Å². The van der Waals surface area contributed by atoms with Crippen LogP contribution in [0.25, 0.3) is 0 Å². The van der Waals surface area contributed by atoms with E-state index in [9.17, 15) is 8.78 Å². The predicted octanol–water partition coefficient (Wildman–Crippen LogP) is 3.08. The molecule has 0 bridgehead atoms. The van der Waals surface area contributed by atoms with Crippen molar-refractivity contribution < 1.29 is 8.78 Å². The van der Waals surface area contributed by atoms with Gasteiger partial charge in [0.15, 0.2) is 5.96 Å². The number of aromatic nitrogens is 2. The fourth-order valence-corrected chi connectivity index (χ4v) is 3.61. The van der Waals surface area contributed by atoms with Gasteiger partial charge in [-0.1, -0.05) is 6.07 Å². The van der Waals surface area contributed by atoms with Gasteiger partial charge in [-0.25, -0.2) is 13.8 Å². The number of imidazole rings is 1. The van der Waals surface area contributed by atoms with Crippen LogP contribution in [0, 0.1) is 18.6 Å². The second-order valence-electron chi connectivity index (χ2n) is 7.28. The third kappa shape index (κ3) is 5.68. The molecule has 1 aromatic carbocycles. The van der Waals surface area contributed by atoms with Gasteiger partial charge in [0.05, 0.1) is 0 Å². The first-order valence-electron chi connectivity index (χ1n) is 10.3. The number of para-hydroxylation sites is 1. The summed E-state index contributed by atoms with van der Waals surface area (Å²) in [6.45, 7) is 7.61. The molecule has 0 spiro atoms. The van der Waals surface area contributed by atoms with Gasteiger partial charge in [0, 0.05) is 51.2 Å². The number of halogens is 2. The van der Waals surface area contributed by atoms with Crippen molar-refractivity contribution in [1.29, 1.82) is 0 Å². The SMILES string of the molecule is CCNC(=NCCCCn1ccnc1C)NC1CCN(c2c(F)cccc2F)C1. The summed E-state index contributed by atoms with van der Waals surface area (Å²) in [5.74, 6) is 0.756. The number of nitrogens with one attached hydrogen (secondary N) is 2. The minimum absolute atomic E-state index is 0.0635. The molecular weight excluding hydrogens is 374 g/mol. The molecular formula is C21H30F2N6. The Morgan fingerprint density at radius 2 is 2.07 bits per heavy atom. The van der Waals surface area contributed by atoms with Crippen molar-refractivity contribution in [3.05, 3.63) is 48.1 Å². The van der Waals surface area contributed by atoms with Crippen LogP contribution in [0.2, 0.25) is 0 Å². The van der Waals surface area contributed by atoms with Crippen LogP contribution in [-0.4, -0.2) is 47.7 Å². The molecule has 1 aliphatic heterocycles. The van der Waals surface area contributed by atoms with Crippen molar-refractivity contribution in [2.24, 2.45) is 4.99 Å². The van der Waals surface area contributed by atoms with Crippen LogP contribution in [0.1, 0.15) is 32.0 Å². The zero-order chi connectivity index (χ0) is 20.6. The molecule has 1 unspecified atom stereocenters. The van der Waals surface area contributed by atoms with Gasteiger partial charge < -0.3 is 20.1 Å². The molecule has 1 aliphatic rings. The maximum absolute atomic E-state index is 14.0. The minimum atomic E-state index is -0.514. The number of aliphatic imine (C=N–C) groups is 1. The molecule has 29 heavy (non-hydrogen) atoms. The maximum Gasteiger partial charge on any atom is 0.191 e. The Hall–Kier alpha value is -2.64.